The van der Waals surface area contributed by atoms with Crippen LogP contribution in [0, 0.1) is 0 Å². The maximum atomic E-state index is 3.64. The molecule has 0 unspecified atom stereocenters. The average Bonchev–Trinajstić information content (AvgIpc) is 2.35. The van der Waals surface area contributed by atoms with E-state index in [9.17, 15) is 0 Å². The summed E-state index contributed by atoms with van der Waals surface area (Å²) in [7, 11) is 2.20. The van der Waals surface area contributed by atoms with Crippen molar-refractivity contribution < 1.29 is 0 Å². The predicted molar refractivity (Wildman–Crippen MR) is 74.6 cm³/mol. The van der Waals surface area contributed by atoms with E-state index in [1.54, 1.807) is 0 Å². The van der Waals surface area contributed by atoms with Gasteiger partial charge in [0.2, 0.25) is 0 Å². The second kappa shape index (κ2) is 6.06. The Bertz CT molecular complexity index is 323. The highest BCUT2D eigenvalue weighted by Gasteiger charge is 2.15. The fourth-order valence-electron chi connectivity index (χ4n) is 2.44. The number of rotatable bonds is 4. The van der Waals surface area contributed by atoms with Gasteiger partial charge in [-0.2, -0.15) is 0 Å². The summed E-state index contributed by atoms with van der Waals surface area (Å²) in [5.41, 5.74) is 2.72. The van der Waals surface area contributed by atoms with E-state index >= 15 is 0 Å². The van der Waals surface area contributed by atoms with Crippen LogP contribution in [0.4, 0.5) is 5.69 Å². The number of hydrogen-bond acceptors (Lipinski definition) is 2. The highest BCUT2D eigenvalue weighted by atomic mass is 15.1. The molecule has 0 spiro atoms. The van der Waals surface area contributed by atoms with Crippen LogP contribution in [0.3, 0.4) is 0 Å². The molecule has 1 saturated heterocycles. The molecule has 1 aliphatic heterocycles. The monoisotopic (exact) mass is 232 g/mol. The van der Waals surface area contributed by atoms with Crippen molar-refractivity contribution in [2.75, 3.05) is 25.5 Å². The number of hydrogen-bond donors (Lipinski definition) is 1. The predicted octanol–water partition coefficient (Wildman–Crippen LogP) is 3.15. The first kappa shape index (κ1) is 12.4. The van der Waals surface area contributed by atoms with E-state index in [2.05, 4.69) is 48.5 Å². The van der Waals surface area contributed by atoms with E-state index < -0.39 is 0 Å². The fraction of sp³-hybridized carbons (Fsp3) is 0.600. The summed E-state index contributed by atoms with van der Waals surface area (Å²) in [4.78, 5) is 2.41. The molecule has 1 fully saturated rings. The third-order valence-corrected chi connectivity index (χ3v) is 3.58. The van der Waals surface area contributed by atoms with E-state index in [1.165, 1.54) is 50.0 Å². The van der Waals surface area contributed by atoms with Crippen molar-refractivity contribution in [1.82, 2.24) is 4.90 Å². The number of benzene rings is 1. The third kappa shape index (κ3) is 3.74. The Balaban J connectivity index is 1.86. The van der Waals surface area contributed by atoms with Gasteiger partial charge in [-0.25, -0.2) is 0 Å². The van der Waals surface area contributed by atoms with Gasteiger partial charge < -0.3 is 10.2 Å². The topological polar surface area (TPSA) is 15.3 Å². The zero-order valence-electron chi connectivity index (χ0n) is 11.1. The summed E-state index contributed by atoms with van der Waals surface area (Å²) in [6.45, 7) is 4.65. The molecule has 1 aliphatic rings. The minimum absolute atomic E-state index is 0.656. The highest BCUT2D eigenvalue weighted by molar-refractivity contribution is 5.45. The molecule has 1 heterocycles. The SMILES string of the molecule is CCCc1ccc(NC2CCN(C)CC2)cc1. The van der Waals surface area contributed by atoms with Crippen LogP contribution in [0.5, 0.6) is 0 Å². The number of aryl methyl sites for hydroxylation is 1. The van der Waals surface area contributed by atoms with Crippen molar-refractivity contribution in [3.63, 3.8) is 0 Å². The van der Waals surface area contributed by atoms with Gasteiger partial charge in [-0.1, -0.05) is 25.5 Å². The second-order valence-corrected chi connectivity index (χ2v) is 5.17. The number of likely N-dealkylation sites (tertiary alicyclic amines) is 1. The van der Waals surface area contributed by atoms with E-state index in [0.717, 1.165) is 0 Å². The lowest BCUT2D eigenvalue weighted by Gasteiger charge is -2.30. The molecule has 94 valence electrons. The Labute approximate surface area is 105 Å². The lowest BCUT2D eigenvalue weighted by atomic mass is 10.0. The number of nitrogens with zero attached hydrogens (tertiary/aromatic N) is 1. The standard InChI is InChI=1S/C15H24N2/c1-3-4-13-5-7-14(8-6-13)16-15-9-11-17(2)12-10-15/h5-8,15-16H,3-4,9-12H2,1-2H3. The summed E-state index contributed by atoms with van der Waals surface area (Å²) >= 11 is 0. The van der Waals surface area contributed by atoms with Gasteiger partial charge in [0.05, 0.1) is 0 Å². The first-order valence-corrected chi connectivity index (χ1v) is 6.82. The Morgan fingerprint density at radius 3 is 2.41 bits per heavy atom. The zero-order chi connectivity index (χ0) is 12.1. The van der Waals surface area contributed by atoms with Crippen molar-refractivity contribution in [3.05, 3.63) is 29.8 Å². The van der Waals surface area contributed by atoms with Crippen molar-refractivity contribution in [3.8, 4) is 0 Å². The van der Waals surface area contributed by atoms with E-state index in [4.69, 9.17) is 0 Å². The maximum absolute atomic E-state index is 3.64. The largest absolute Gasteiger partial charge is 0.382 e. The summed E-state index contributed by atoms with van der Waals surface area (Å²) in [6.07, 6.45) is 4.93. The molecule has 0 bridgehead atoms. The quantitative estimate of drug-likeness (QED) is 0.858. The molecular formula is C15H24N2. The Hall–Kier alpha value is -1.02. The van der Waals surface area contributed by atoms with Gasteiger partial charge in [-0.3, -0.25) is 0 Å². The number of anilines is 1. The third-order valence-electron chi connectivity index (χ3n) is 3.58. The molecule has 0 amide bonds. The van der Waals surface area contributed by atoms with Crippen molar-refractivity contribution in [1.29, 1.82) is 0 Å². The molecule has 2 heteroatoms. The number of nitrogens with one attached hydrogen (secondary N) is 1. The molecule has 0 aromatic heterocycles. The van der Waals surface area contributed by atoms with Crippen LogP contribution in [0.15, 0.2) is 24.3 Å². The lowest BCUT2D eigenvalue weighted by Crippen LogP contribution is -2.36. The van der Waals surface area contributed by atoms with Gasteiger partial charge in [-0.15, -0.1) is 0 Å². The smallest absolute Gasteiger partial charge is 0.0342 e. The molecule has 17 heavy (non-hydrogen) atoms. The van der Waals surface area contributed by atoms with Crippen molar-refractivity contribution >= 4 is 5.69 Å². The Morgan fingerprint density at radius 1 is 1.18 bits per heavy atom. The minimum atomic E-state index is 0.656. The van der Waals surface area contributed by atoms with Crippen LogP contribution in [0.1, 0.15) is 31.7 Å². The van der Waals surface area contributed by atoms with E-state index in [-0.39, 0.29) is 0 Å². The van der Waals surface area contributed by atoms with Crippen LogP contribution in [0.25, 0.3) is 0 Å². The molecule has 0 aliphatic carbocycles. The average molecular weight is 232 g/mol. The molecule has 0 atom stereocenters. The first-order chi connectivity index (χ1) is 8.28. The molecule has 0 radical (unpaired) electrons. The van der Waals surface area contributed by atoms with Crippen LogP contribution in [0.2, 0.25) is 0 Å². The van der Waals surface area contributed by atoms with Crippen molar-refractivity contribution in [2.45, 2.75) is 38.6 Å². The fourth-order valence-corrected chi connectivity index (χ4v) is 2.44. The van der Waals surface area contributed by atoms with Crippen LogP contribution < -0.4 is 5.32 Å². The minimum Gasteiger partial charge on any atom is -0.382 e. The van der Waals surface area contributed by atoms with Crippen LogP contribution >= 0.6 is 0 Å². The van der Waals surface area contributed by atoms with Gasteiger partial charge in [-0.05, 0) is 57.1 Å². The molecule has 1 N–H and O–H groups in total. The van der Waals surface area contributed by atoms with Crippen LogP contribution in [-0.4, -0.2) is 31.1 Å². The van der Waals surface area contributed by atoms with E-state index in [1.807, 2.05) is 0 Å². The molecular weight excluding hydrogens is 208 g/mol. The van der Waals surface area contributed by atoms with Gasteiger partial charge in [0.25, 0.3) is 0 Å². The maximum Gasteiger partial charge on any atom is 0.0342 e. The van der Waals surface area contributed by atoms with Crippen LogP contribution in [-0.2, 0) is 6.42 Å². The van der Waals surface area contributed by atoms with Gasteiger partial charge in [0.1, 0.15) is 0 Å². The van der Waals surface area contributed by atoms with E-state index in [0.29, 0.717) is 6.04 Å². The Kier molecular flexibility index (Phi) is 4.43. The van der Waals surface area contributed by atoms with Crippen molar-refractivity contribution in [2.24, 2.45) is 0 Å². The lowest BCUT2D eigenvalue weighted by molar-refractivity contribution is 0.264. The summed E-state index contributed by atoms with van der Waals surface area (Å²) in [6, 6.07) is 9.61. The zero-order valence-corrected chi connectivity index (χ0v) is 11.1. The molecule has 1 aromatic rings. The first-order valence-electron chi connectivity index (χ1n) is 6.82. The van der Waals surface area contributed by atoms with Gasteiger partial charge in [0.15, 0.2) is 0 Å². The highest BCUT2D eigenvalue weighted by Crippen LogP contribution is 2.17. The van der Waals surface area contributed by atoms with Gasteiger partial charge >= 0.3 is 0 Å². The molecule has 0 saturated carbocycles. The molecule has 2 rings (SSSR count). The second-order valence-electron chi connectivity index (χ2n) is 5.17. The van der Waals surface area contributed by atoms with Gasteiger partial charge in [0, 0.05) is 11.7 Å². The molecule has 1 aromatic carbocycles. The summed E-state index contributed by atoms with van der Waals surface area (Å²) in [5, 5.41) is 3.64. The number of piperidine rings is 1. The summed E-state index contributed by atoms with van der Waals surface area (Å²) in [5.74, 6) is 0. The normalized spacial score (nSPS) is 18.2. The Morgan fingerprint density at radius 2 is 1.82 bits per heavy atom. The summed E-state index contributed by atoms with van der Waals surface area (Å²) < 4.78 is 0. The molecule has 2 nitrogen and oxygen atoms in total.